The second-order valence-electron chi connectivity index (χ2n) is 5.46. The van der Waals surface area contributed by atoms with Crippen molar-refractivity contribution in [3.05, 3.63) is 29.3 Å². The number of carbonyl (C=O) groups is 1. The number of amides is 1. The van der Waals surface area contributed by atoms with Gasteiger partial charge in [0, 0.05) is 24.7 Å². The van der Waals surface area contributed by atoms with Crippen molar-refractivity contribution in [3.63, 3.8) is 0 Å². The summed E-state index contributed by atoms with van der Waals surface area (Å²) in [7, 11) is 0. The molecule has 1 amide bonds. The van der Waals surface area contributed by atoms with Crippen molar-refractivity contribution in [3.8, 4) is 0 Å². The molecule has 2 saturated heterocycles. The molecule has 2 aliphatic rings. The van der Waals surface area contributed by atoms with Crippen molar-refractivity contribution in [1.82, 2.24) is 4.90 Å². The molecular weight excluding hydrogens is 264 g/mol. The molecule has 2 heterocycles. The number of rotatable bonds is 3. The van der Waals surface area contributed by atoms with Crippen LogP contribution in [0.3, 0.4) is 0 Å². The first kappa shape index (κ1) is 13.3. The fourth-order valence-electron chi connectivity index (χ4n) is 3.30. The number of nitrogens with two attached hydrogens (primary N) is 1. The van der Waals surface area contributed by atoms with Crippen LogP contribution < -0.4 is 11.1 Å². The van der Waals surface area contributed by atoms with Gasteiger partial charge in [0.25, 0.3) is 5.91 Å². The number of benzene rings is 1. The van der Waals surface area contributed by atoms with Crippen molar-refractivity contribution in [1.29, 1.82) is 0 Å². The summed E-state index contributed by atoms with van der Waals surface area (Å²) in [6, 6.07) is 2.42. The summed E-state index contributed by atoms with van der Waals surface area (Å²) in [5.41, 5.74) is 4.96. The van der Waals surface area contributed by atoms with E-state index in [2.05, 4.69) is 10.2 Å². The molecule has 1 aromatic carbocycles. The lowest BCUT2D eigenvalue weighted by Crippen LogP contribution is -2.34. The predicted molar refractivity (Wildman–Crippen MR) is 71.5 cm³/mol. The summed E-state index contributed by atoms with van der Waals surface area (Å²) in [4.78, 5) is 13.5. The van der Waals surface area contributed by atoms with Gasteiger partial charge < -0.3 is 11.1 Å². The molecule has 20 heavy (non-hydrogen) atoms. The second-order valence-corrected chi connectivity index (χ2v) is 5.46. The molecule has 3 rings (SSSR count). The van der Waals surface area contributed by atoms with E-state index in [-0.39, 0.29) is 17.3 Å². The molecule has 0 radical (unpaired) electrons. The Kier molecular flexibility index (Phi) is 3.33. The van der Waals surface area contributed by atoms with Gasteiger partial charge in [-0.25, -0.2) is 8.78 Å². The van der Waals surface area contributed by atoms with Crippen LogP contribution in [0.2, 0.25) is 0 Å². The summed E-state index contributed by atoms with van der Waals surface area (Å²) in [5.74, 6) is -2.50. The minimum absolute atomic E-state index is 0.137. The van der Waals surface area contributed by atoms with E-state index in [4.69, 9.17) is 5.73 Å². The Morgan fingerprint density at radius 2 is 2.05 bits per heavy atom. The van der Waals surface area contributed by atoms with Crippen LogP contribution in [0, 0.1) is 11.6 Å². The molecular formula is C14H17F2N3O. The smallest absolute Gasteiger partial charge is 0.251 e. The third-order valence-corrected chi connectivity index (χ3v) is 4.27. The van der Waals surface area contributed by atoms with Crippen LogP contribution in [0.4, 0.5) is 14.5 Å². The van der Waals surface area contributed by atoms with E-state index in [1.165, 1.54) is 6.07 Å². The number of primary amides is 1. The molecule has 2 unspecified atom stereocenters. The Hall–Kier alpha value is -1.69. The van der Waals surface area contributed by atoms with Crippen LogP contribution in [0.25, 0.3) is 0 Å². The highest BCUT2D eigenvalue weighted by Gasteiger charge is 2.37. The maximum Gasteiger partial charge on any atom is 0.251 e. The average Bonchev–Trinajstić information content (AvgIpc) is 2.96. The second kappa shape index (κ2) is 5.01. The SMILES string of the molecule is NC(=O)c1cc(NC2CCN3CCCC23)c(F)cc1F. The van der Waals surface area contributed by atoms with E-state index < -0.39 is 17.5 Å². The molecule has 3 N–H and O–H groups in total. The Balaban J connectivity index is 1.83. The van der Waals surface area contributed by atoms with Crippen molar-refractivity contribution in [2.45, 2.75) is 31.3 Å². The fourth-order valence-corrected chi connectivity index (χ4v) is 3.30. The molecule has 2 aliphatic heterocycles. The largest absolute Gasteiger partial charge is 0.378 e. The van der Waals surface area contributed by atoms with E-state index in [1.807, 2.05) is 0 Å². The van der Waals surface area contributed by atoms with Crippen LogP contribution in [-0.4, -0.2) is 36.0 Å². The summed E-state index contributed by atoms with van der Waals surface area (Å²) < 4.78 is 27.3. The average molecular weight is 281 g/mol. The van der Waals surface area contributed by atoms with E-state index in [0.29, 0.717) is 12.1 Å². The Labute approximate surface area is 115 Å². The number of nitrogens with zero attached hydrogens (tertiary/aromatic N) is 1. The fraction of sp³-hybridized carbons (Fsp3) is 0.500. The molecule has 1 aromatic rings. The zero-order valence-electron chi connectivity index (χ0n) is 11.0. The van der Waals surface area contributed by atoms with Crippen molar-refractivity contribution in [2.24, 2.45) is 5.73 Å². The van der Waals surface area contributed by atoms with Gasteiger partial charge in [-0.15, -0.1) is 0 Å². The number of halogens is 2. The van der Waals surface area contributed by atoms with Crippen LogP contribution in [0.15, 0.2) is 12.1 Å². The zero-order valence-corrected chi connectivity index (χ0v) is 11.0. The standard InChI is InChI=1S/C14H17F2N3O/c15-9-7-10(16)12(6-8(9)14(17)20)18-11-3-5-19-4-1-2-13(11)19/h6-7,11,13,18H,1-5H2,(H2,17,20). The topological polar surface area (TPSA) is 58.4 Å². The van der Waals surface area contributed by atoms with Gasteiger partial charge in [-0.05, 0) is 31.9 Å². The van der Waals surface area contributed by atoms with Crippen LogP contribution in [0.1, 0.15) is 29.6 Å². The maximum absolute atomic E-state index is 13.8. The molecule has 108 valence electrons. The highest BCUT2D eigenvalue weighted by molar-refractivity contribution is 5.94. The number of anilines is 1. The number of fused-ring (bicyclic) bond motifs is 1. The lowest BCUT2D eigenvalue weighted by Gasteiger charge is -2.22. The first-order valence-corrected chi connectivity index (χ1v) is 6.85. The van der Waals surface area contributed by atoms with E-state index in [0.717, 1.165) is 32.4 Å². The van der Waals surface area contributed by atoms with Crippen LogP contribution in [-0.2, 0) is 0 Å². The van der Waals surface area contributed by atoms with Crippen molar-refractivity contribution in [2.75, 3.05) is 18.4 Å². The maximum atomic E-state index is 13.8. The van der Waals surface area contributed by atoms with Gasteiger partial charge in [-0.1, -0.05) is 0 Å². The Bertz CT molecular complexity index is 549. The Morgan fingerprint density at radius 3 is 2.80 bits per heavy atom. The molecule has 0 aromatic heterocycles. The van der Waals surface area contributed by atoms with Crippen LogP contribution in [0.5, 0.6) is 0 Å². The molecule has 6 heteroatoms. The lowest BCUT2D eigenvalue weighted by atomic mass is 10.1. The van der Waals surface area contributed by atoms with Gasteiger partial charge >= 0.3 is 0 Å². The summed E-state index contributed by atoms with van der Waals surface area (Å²) in [6.07, 6.45) is 3.16. The number of carbonyl (C=O) groups excluding carboxylic acids is 1. The zero-order chi connectivity index (χ0) is 14.3. The van der Waals surface area contributed by atoms with Gasteiger partial charge in [-0.3, -0.25) is 9.69 Å². The first-order valence-electron chi connectivity index (χ1n) is 6.85. The summed E-state index contributed by atoms with van der Waals surface area (Å²) >= 11 is 0. The summed E-state index contributed by atoms with van der Waals surface area (Å²) in [6.45, 7) is 2.08. The highest BCUT2D eigenvalue weighted by atomic mass is 19.1. The van der Waals surface area contributed by atoms with Gasteiger partial charge in [0.15, 0.2) is 0 Å². The van der Waals surface area contributed by atoms with Crippen molar-refractivity contribution < 1.29 is 13.6 Å². The number of nitrogens with one attached hydrogen (secondary N) is 1. The lowest BCUT2D eigenvalue weighted by molar-refractivity contribution is 0.0996. The monoisotopic (exact) mass is 281 g/mol. The van der Waals surface area contributed by atoms with E-state index in [1.54, 1.807) is 0 Å². The Morgan fingerprint density at radius 1 is 1.25 bits per heavy atom. The number of hydrogen-bond donors (Lipinski definition) is 2. The minimum atomic E-state index is -0.922. The molecule has 2 fully saturated rings. The third kappa shape index (κ3) is 2.24. The molecule has 0 bridgehead atoms. The van der Waals surface area contributed by atoms with Gasteiger partial charge in [0.05, 0.1) is 11.3 Å². The molecule has 0 aliphatic carbocycles. The molecule has 0 spiro atoms. The van der Waals surface area contributed by atoms with Gasteiger partial charge in [0.1, 0.15) is 11.6 Å². The molecule has 2 atom stereocenters. The first-order chi connectivity index (χ1) is 9.56. The molecule has 4 nitrogen and oxygen atoms in total. The van der Waals surface area contributed by atoms with E-state index >= 15 is 0 Å². The predicted octanol–water partition coefficient (Wildman–Crippen LogP) is 1.71. The van der Waals surface area contributed by atoms with Crippen LogP contribution >= 0.6 is 0 Å². The number of hydrogen-bond acceptors (Lipinski definition) is 3. The normalized spacial score (nSPS) is 25.7. The third-order valence-electron chi connectivity index (χ3n) is 4.27. The van der Waals surface area contributed by atoms with E-state index in [9.17, 15) is 13.6 Å². The van der Waals surface area contributed by atoms with Gasteiger partial charge in [-0.2, -0.15) is 0 Å². The summed E-state index contributed by atoms with van der Waals surface area (Å²) in [5, 5.41) is 3.11. The van der Waals surface area contributed by atoms with Gasteiger partial charge in [0.2, 0.25) is 0 Å². The highest BCUT2D eigenvalue weighted by Crippen LogP contribution is 2.31. The minimum Gasteiger partial charge on any atom is -0.378 e. The molecule has 0 saturated carbocycles. The van der Waals surface area contributed by atoms with Crippen molar-refractivity contribution >= 4 is 11.6 Å². The quantitative estimate of drug-likeness (QED) is 0.887.